The predicted molar refractivity (Wildman–Crippen MR) is 103 cm³/mol. The Morgan fingerprint density at radius 3 is 2.65 bits per heavy atom. The molecule has 0 bridgehead atoms. The first-order valence-electron chi connectivity index (χ1n) is 7.57. The molecule has 2 aromatic heterocycles. The molecule has 1 aromatic carbocycles. The van der Waals surface area contributed by atoms with E-state index < -0.39 is 11.5 Å². The van der Waals surface area contributed by atoms with Crippen LogP contribution in [0.4, 0.5) is 0 Å². The molecule has 3 rings (SSSR count). The number of fused-ring (bicyclic) bond motifs is 1. The number of carbonyl (C=O) groups is 1. The van der Waals surface area contributed by atoms with Crippen molar-refractivity contribution in [3.05, 3.63) is 58.0 Å². The Morgan fingerprint density at radius 1 is 1.31 bits per heavy atom. The van der Waals surface area contributed by atoms with Crippen LogP contribution in [0, 0.1) is 9.40 Å². The molecule has 3 aromatic rings. The molecule has 1 amide bonds. The third kappa shape index (κ3) is 3.26. The summed E-state index contributed by atoms with van der Waals surface area (Å²) in [7, 11) is 1.49. The van der Waals surface area contributed by atoms with Crippen LogP contribution in [0.2, 0.25) is 0 Å². The van der Waals surface area contributed by atoms with Gasteiger partial charge in [-0.15, -0.1) is 0 Å². The van der Waals surface area contributed by atoms with Crippen molar-refractivity contribution in [2.24, 2.45) is 0 Å². The summed E-state index contributed by atoms with van der Waals surface area (Å²) in [5.41, 5.74) is 0.997. The van der Waals surface area contributed by atoms with Crippen LogP contribution in [0.15, 0.2) is 46.5 Å². The number of pyridine rings is 1. The Morgan fingerprint density at radius 2 is 2.04 bits per heavy atom. The van der Waals surface area contributed by atoms with Gasteiger partial charge in [0.25, 0.3) is 0 Å². The molecule has 0 saturated heterocycles. The number of hydrogen-bond donors (Lipinski definition) is 1. The van der Waals surface area contributed by atoms with Crippen molar-refractivity contribution in [2.45, 2.75) is 5.16 Å². The molecule has 0 aliphatic carbocycles. The number of para-hydroxylation sites is 1. The third-order valence-electron chi connectivity index (χ3n) is 3.73. The number of amides is 1. The minimum atomic E-state index is -0.477. The number of carbonyl (C=O) groups excluding carboxylic acids is 1. The van der Waals surface area contributed by atoms with Crippen LogP contribution in [0.3, 0.4) is 0 Å². The molecule has 8 heteroatoms. The summed E-state index contributed by atoms with van der Waals surface area (Å²) in [5, 5.41) is 3.65. The van der Waals surface area contributed by atoms with Gasteiger partial charge < -0.3 is 0 Å². The zero-order valence-electron chi connectivity index (χ0n) is 14.0. The number of nitrogens with one attached hydrogen (secondary N) is 1. The van der Waals surface area contributed by atoms with Gasteiger partial charge in [-0.3, -0.25) is 0 Å². The molecule has 0 fully saturated rings. The fourth-order valence-electron chi connectivity index (χ4n) is 2.60. The molecular weight excluding hydrogens is 543 g/mol. The summed E-state index contributed by atoms with van der Waals surface area (Å²) in [4.78, 5) is 34.5. The van der Waals surface area contributed by atoms with Crippen molar-refractivity contribution in [1.29, 1.82) is 0 Å². The number of aromatic nitrogens is 3. The summed E-state index contributed by atoms with van der Waals surface area (Å²) in [6, 6.07) is 9.12. The van der Waals surface area contributed by atoms with E-state index in [1.807, 2.05) is 24.5 Å². The number of hydrogen-bond acceptors (Lipinski definition) is 5. The summed E-state index contributed by atoms with van der Waals surface area (Å²) in [6.07, 6.45) is 3.49. The zero-order valence-corrected chi connectivity index (χ0v) is 18.7. The second-order valence-electron chi connectivity index (χ2n) is 5.15. The van der Waals surface area contributed by atoms with Crippen LogP contribution in [0.1, 0.15) is 15.9 Å². The molecule has 6 nitrogen and oxygen atoms in total. The molecule has 0 aliphatic rings. The van der Waals surface area contributed by atoms with E-state index in [4.69, 9.17) is 0 Å². The van der Waals surface area contributed by atoms with Crippen molar-refractivity contribution in [3.8, 4) is 15.1 Å². The van der Waals surface area contributed by atoms with E-state index in [1.54, 1.807) is 18.3 Å². The van der Waals surface area contributed by atoms with Crippen LogP contribution in [0.5, 0.6) is 0 Å². The van der Waals surface area contributed by atoms with E-state index in [0.717, 1.165) is 0 Å². The Balaban J connectivity index is 2.57. The van der Waals surface area contributed by atoms with E-state index in [1.165, 1.54) is 23.4 Å². The zero-order chi connectivity index (χ0) is 18.7. The molecule has 2 heterocycles. The van der Waals surface area contributed by atoms with Gasteiger partial charge in [-0.2, -0.15) is 0 Å². The standard InChI is InChI=1S/C18H13N4O2S.Pb/c1-4-12-13-10-20-18(25-3)21-15(13)22(11-8-6-5-7-9-11)17(24)14(12)16(23)19-2;/h5-10H,2-3H3,(H,19,23);. The molecule has 127 valence electrons. The van der Waals surface area contributed by atoms with Crippen molar-refractivity contribution in [1.82, 2.24) is 19.9 Å². The summed E-state index contributed by atoms with van der Waals surface area (Å²) in [6.45, 7) is 0. The van der Waals surface area contributed by atoms with Crippen LogP contribution in [-0.4, -0.2) is 59.5 Å². The normalized spacial score (nSPS) is 10.3. The molecule has 0 unspecified atom stereocenters. The Hall–Kier alpha value is -2.19. The van der Waals surface area contributed by atoms with E-state index in [9.17, 15) is 9.59 Å². The van der Waals surface area contributed by atoms with E-state index >= 15 is 0 Å². The first-order chi connectivity index (χ1) is 12.6. The third-order valence-corrected chi connectivity index (χ3v) is 4.78. The maximum atomic E-state index is 13.3. The topological polar surface area (TPSA) is 76.9 Å². The van der Waals surface area contributed by atoms with E-state index in [2.05, 4.69) is 24.7 Å². The summed E-state index contributed by atoms with van der Waals surface area (Å²) in [5.74, 6) is 2.47. The van der Waals surface area contributed by atoms with Gasteiger partial charge in [-0.05, 0) is 0 Å². The van der Waals surface area contributed by atoms with Crippen LogP contribution in [0.25, 0.3) is 16.7 Å². The molecule has 3 radical (unpaired) electrons. The molecule has 26 heavy (non-hydrogen) atoms. The van der Waals surface area contributed by atoms with Gasteiger partial charge in [0.2, 0.25) is 0 Å². The predicted octanol–water partition coefficient (Wildman–Crippen LogP) is 1.34. The Labute approximate surface area is 170 Å². The fourth-order valence-corrected chi connectivity index (χ4v) is 3.42. The van der Waals surface area contributed by atoms with Gasteiger partial charge in [0.15, 0.2) is 0 Å². The summed E-state index contributed by atoms with van der Waals surface area (Å²) >= 11 is 2.00. The van der Waals surface area contributed by atoms with Gasteiger partial charge in [-0.1, -0.05) is 0 Å². The Kier molecular flexibility index (Phi) is 5.73. The molecule has 0 spiro atoms. The molecule has 0 aliphatic heterocycles. The monoisotopic (exact) mass is 557 g/mol. The van der Waals surface area contributed by atoms with Crippen LogP contribution in [-0.2, 0) is 0 Å². The van der Waals surface area contributed by atoms with Crippen molar-refractivity contribution in [2.75, 3.05) is 13.3 Å². The van der Waals surface area contributed by atoms with Crippen molar-refractivity contribution in [3.63, 3.8) is 0 Å². The molecular formula is C18H13N4O2PbS. The second-order valence-corrected chi connectivity index (χ2v) is 6.89. The van der Waals surface area contributed by atoms with Crippen molar-refractivity contribution < 1.29 is 4.79 Å². The molecule has 1 N–H and O–H groups in total. The van der Waals surface area contributed by atoms with Gasteiger partial charge in [0.05, 0.1) is 0 Å². The van der Waals surface area contributed by atoms with Gasteiger partial charge in [0.1, 0.15) is 0 Å². The van der Waals surface area contributed by atoms with Crippen molar-refractivity contribution >= 4 is 54.5 Å². The number of rotatable bonds is 3. The minimum absolute atomic E-state index is 0.00713. The average molecular weight is 557 g/mol. The Bertz CT molecular complexity index is 1120. The average Bonchev–Trinajstić information content (AvgIpc) is 2.68. The first-order valence-corrected chi connectivity index (χ1v) is 10.7. The first kappa shape index (κ1) is 18.6. The quantitative estimate of drug-likeness (QED) is 0.228. The summed E-state index contributed by atoms with van der Waals surface area (Å²) < 4.78 is 4.35. The maximum absolute atomic E-state index is 13.3. The fraction of sp³-hybridized carbons (Fsp3) is 0.111. The van der Waals surface area contributed by atoms with Crippen LogP contribution < -0.4 is 10.9 Å². The number of benzene rings is 1. The van der Waals surface area contributed by atoms with Crippen LogP contribution >= 0.6 is 11.8 Å². The second kappa shape index (κ2) is 8.01. The van der Waals surface area contributed by atoms with E-state index in [0.29, 0.717) is 53.2 Å². The SMILES string of the molecule is CNC(=O)c1c(C#[C][Pb])c2cnc(SC)nc2n(-c2ccccc2)c1=O. The number of thioether (sulfide) groups is 1. The van der Waals surface area contributed by atoms with Gasteiger partial charge in [0, 0.05) is 0 Å². The van der Waals surface area contributed by atoms with E-state index in [-0.39, 0.29) is 5.56 Å². The molecule has 0 atom stereocenters. The van der Waals surface area contributed by atoms with Gasteiger partial charge >= 0.3 is 171 Å². The molecule has 0 saturated carbocycles. The van der Waals surface area contributed by atoms with Gasteiger partial charge in [-0.25, -0.2) is 0 Å². The number of nitrogens with zero attached hydrogens (tertiary/aromatic N) is 3.